The molecule has 0 saturated heterocycles. The van der Waals surface area contributed by atoms with E-state index in [1.54, 1.807) is 0 Å². The van der Waals surface area contributed by atoms with E-state index >= 15 is 0 Å². The Hall–Kier alpha value is -0.610. The maximum atomic E-state index is 13.4. The maximum Gasteiger partial charge on any atom is 0.140 e. The summed E-state index contributed by atoms with van der Waals surface area (Å²) in [6.07, 6.45) is 2.38. The molecule has 1 aliphatic heterocycles. The average Bonchev–Trinajstić information content (AvgIpc) is 2.89. The molecule has 1 saturated carbocycles. The summed E-state index contributed by atoms with van der Waals surface area (Å²) in [6, 6.07) is 3.11. The molecule has 1 nitrogen and oxygen atoms in total. The Bertz CT molecular complexity index is 404. The van der Waals surface area contributed by atoms with Gasteiger partial charge >= 0.3 is 0 Å². The molecule has 1 aliphatic carbocycles. The molecule has 3 rings (SSSR count). The number of thioether (sulfide) groups is 1. The second kappa shape index (κ2) is 3.46. The monoisotopic (exact) mass is 227 g/mol. The number of rotatable bonds is 2. The molecule has 1 aromatic carbocycles. The van der Waals surface area contributed by atoms with Gasteiger partial charge in [-0.1, -0.05) is 0 Å². The van der Waals surface area contributed by atoms with E-state index < -0.39 is 11.6 Å². The number of fused-ring (bicyclic) bond motifs is 1. The number of hydrogen-bond donors (Lipinski definition) is 1. The number of halogens is 2. The Morgan fingerprint density at radius 1 is 1.27 bits per heavy atom. The van der Waals surface area contributed by atoms with E-state index in [2.05, 4.69) is 5.32 Å². The van der Waals surface area contributed by atoms with Crippen LogP contribution in [-0.2, 0) is 0 Å². The third-order valence-corrected chi connectivity index (χ3v) is 4.04. The first-order chi connectivity index (χ1) is 7.24. The summed E-state index contributed by atoms with van der Waals surface area (Å²) >= 11 is 1.48. The van der Waals surface area contributed by atoms with Crippen LogP contribution in [-0.4, -0.2) is 11.8 Å². The second-order valence-electron chi connectivity index (χ2n) is 4.11. The molecule has 80 valence electrons. The van der Waals surface area contributed by atoms with Gasteiger partial charge in [0.15, 0.2) is 0 Å². The minimum Gasteiger partial charge on any atom is -0.306 e. The van der Waals surface area contributed by atoms with E-state index in [0.29, 0.717) is 10.9 Å². The van der Waals surface area contributed by atoms with Gasteiger partial charge in [0.25, 0.3) is 0 Å². The van der Waals surface area contributed by atoms with Crippen molar-refractivity contribution in [2.24, 2.45) is 0 Å². The van der Waals surface area contributed by atoms with Crippen LogP contribution in [0.4, 0.5) is 8.78 Å². The maximum absolute atomic E-state index is 13.4. The van der Waals surface area contributed by atoms with Gasteiger partial charge in [-0.05, 0) is 24.5 Å². The van der Waals surface area contributed by atoms with Gasteiger partial charge in [0.1, 0.15) is 11.6 Å². The Labute approximate surface area is 91.2 Å². The summed E-state index contributed by atoms with van der Waals surface area (Å²) in [7, 11) is 0. The minimum atomic E-state index is -0.476. The van der Waals surface area contributed by atoms with Crippen molar-refractivity contribution in [2.75, 3.05) is 5.75 Å². The van der Waals surface area contributed by atoms with Gasteiger partial charge in [0.05, 0.1) is 0 Å². The molecule has 1 fully saturated rings. The largest absolute Gasteiger partial charge is 0.306 e. The van der Waals surface area contributed by atoms with Crippen molar-refractivity contribution in [2.45, 2.75) is 29.8 Å². The fourth-order valence-corrected chi connectivity index (χ4v) is 3.09. The number of nitrogens with one attached hydrogen (secondary N) is 1. The van der Waals surface area contributed by atoms with Crippen molar-refractivity contribution in [3.8, 4) is 0 Å². The highest BCUT2D eigenvalue weighted by atomic mass is 32.2. The van der Waals surface area contributed by atoms with Crippen LogP contribution in [0.15, 0.2) is 17.0 Å². The highest BCUT2D eigenvalue weighted by molar-refractivity contribution is 7.99. The van der Waals surface area contributed by atoms with Crippen LogP contribution in [0, 0.1) is 11.6 Å². The van der Waals surface area contributed by atoms with E-state index in [1.807, 2.05) is 0 Å². The fraction of sp³-hybridized carbons (Fsp3) is 0.455. The van der Waals surface area contributed by atoms with Gasteiger partial charge in [-0.25, -0.2) is 8.78 Å². The van der Waals surface area contributed by atoms with Gasteiger partial charge in [-0.2, -0.15) is 0 Å². The molecule has 0 aromatic heterocycles. The summed E-state index contributed by atoms with van der Waals surface area (Å²) in [5.74, 6) is -0.0851. The zero-order chi connectivity index (χ0) is 10.4. The Morgan fingerprint density at radius 2 is 2.07 bits per heavy atom. The van der Waals surface area contributed by atoms with Crippen LogP contribution < -0.4 is 5.32 Å². The predicted molar refractivity (Wildman–Crippen MR) is 56.0 cm³/mol. The van der Waals surface area contributed by atoms with Gasteiger partial charge in [0, 0.05) is 28.8 Å². The summed E-state index contributed by atoms with van der Waals surface area (Å²) < 4.78 is 26.5. The topological polar surface area (TPSA) is 12.0 Å². The molecule has 1 atom stereocenters. The Morgan fingerprint density at radius 3 is 2.80 bits per heavy atom. The third kappa shape index (κ3) is 1.76. The fourth-order valence-electron chi connectivity index (χ4n) is 1.92. The Balaban J connectivity index is 1.93. The van der Waals surface area contributed by atoms with E-state index in [-0.39, 0.29) is 6.04 Å². The van der Waals surface area contributed by atoms with Crippen molar-refractivity contribution >= 4 is 11.8 Å². The zero-order valence-corrected chi connectivity index (χ0v) is 8.91. The summed E-state index contributed by atoms with van der Waals surface area (Å²) in [5.41, 5.74) is 0.796. The first kappa shape index (κ1) is 9.60. The summed E-state index contributed by atoms with van der Waals surface area (Å²) in [5, 5.41) is 3.41. The quantitative estimate of drug-likeness (QED) is 0.833. The smallest absolute Gasteiger partial charge is 0.140 e. The molecule has 15 heavy (non-hydrogen) atoms. The van der Waals surface area contributed by atoms with Crippen molar-refractivity contribution in [3.05, 3.63) is 29.3 Å². The lowest BCUT2D eigenvalue weighted by atomic mass is 10.1. The first-order valence-corrected chi connectivity index (χ1v) is 6.10. The summed E-state index contributed by atoms with van der Waals surface area (Å²) in [6.45, 7) is 0. The molecule has 0 radical (unpaired) electrons. The van der Waals surface area contributed by atoms with E-state index in [1.165, 1.54) is 30.7 Å². The van der Waals surface area contributed by atoms with Crippen LogP contribution in [0.3, 0.4) is 0 Å². The molecule has 1 aromatic rings. The van der Waals surface area contributed by atoms with Crippen molar-refractivity contribution < 1.29 is 8.78 Å². The normalized spacial score (nSPS) is 24.3. The zero-order valence-electron chi connectivity index (χ0n) is 8.09. The van der Waals surface area contributed by atoms with Gasteiger partial charge in [0.2, 0.25) is 0 Å². The van der Waals surface area contributed by atoms with Crippen molar-refractivity contribution in [1.82, 2.24) is 5.32 Å². The number of benzene rings is 1. The van der Waals surface area contributed by atoms with E-state index in [4.69, 9.17) is 0 Å². The van der Waals surface area contributed by atoms with Crippen LogP contribution in [0.5, 0.6) is 0 Å². The van der Waals surface area contributed by atoms with Gasteiger partial charge < -0.3 is 5.32 Å². The van der Waals surface area contributed by atoms with Crippen molar-refractivity contribution in [3.63, 3.8) is 0 Å². The lowest BCUT2D eigenvalue weighted by molar-refractivity contribution is 0.536. The van der Waals surface area contributed by atoms with Crippen molar-refractivity contribution in [1.29, 1.82) is 0 Å². The third-order valence-electron chi connectivity index (χ3n) is 2.82. The molecule has 0 spiro atoms. The number of hydrogen-bond acceptors (Lipinski definition) is 2. The van der Waals surface area contributed by atoms with Gasteiger partial charge in [-0.15, -0.1) is 11.8 Å². The predicted octanol–water partition coefficient (Wildman–Crippen LogP) is 2.86. The van der Waals surface area contributed by atoms with E-state index in [0.717, 1.165) is 17.4 Å². The lowest BCUT2D eigenvalue weighted by Crippen LogP contribution is -2.23. The molecule has 1 unspecified atom stereocenters. The van der Waals surface area contributed by atoms with Crippen LogP contribution in [0.1, 0.15) is 24.4 Å². The molecule has 2 aliphatic rings. The molecular formula is C11H11F2NS. The average molecular weight is 227 g/mol. The van der Waals surface area contributed by atoms with Crippen LogP contribution in [0.25, 0.3) is 0 Å². The molecular weight excluding hydrogens is 216 g/mol. The molecule has 1 heterocycles. The molecule has 0 amide bonds. The Kier molecular flexibility index (Phi) is 2.21. The molecule has 1 N–H and O–H groups in total. The first-order valence-electron chi connectivity index (χ1n) is 5.12. The van der Waals surface area contributed by atoms with Gasteiger partial charge in [-0.3, -0.25) is 0 Å². The highest BCUT2D eigenvalue weighted by Gasteiger charge is 2.31. The standard InChI is InChI=1S/C11H11F2NS/c12-6-3-8-10(14-7-1-2-7)5-15-11(8)9(13)4-6/h3-4,7,10,14H,1-2,5H2. The molecule has 4 heteroatoms. The lowest BCUT2D eigenvalue weighted by Gasteiger charge is -2.12. The minimum absolute atomic E-state index is 0.127. The summed E-state index contributed by atoms with van der Waals surface area (Å²) in [4.78, 5) is 0.620. The van der Waals surface area contributed by atoms with E-state index in [9.17, 15) is 8.78 Å². The molecule has 0 bridgehead atoms. The van der Waals surface area contributed by atoms with Crippen LogP contribution >= 0.6 is 11.8 Å². The highest BCUT2D eigenvalue weighted by Crippen LogP contribution is 2.41. The second-order valence-corrected chi connectivity index (χ2v) is 5.14. The van der Waals surface area contributed by atoms with Crippen LogP contribution in [0.2, 0.25) is 0 Å². The SMILES string of the molecule is Fc1cc(F)c2c(c1)C(NC1CC1)CS2.